The fourth-order valence-corrected chi connectivity index (χ4v) is 2.35. The van der Waals surface area contributed by atoms with Gasteiger partial charge in [-0.2, -0.15) is 0 Å². The third-order valence-electron chi connectivity index (χ3n) is 3.56. The minimum atomic E-state index is -0.642. The summed E-state index contributed by atoms with van der Waals surface area (Å²) in [5.41, 5.74) is 7.98. The highest BCUT2D eigenvalue weighted by atomic mass is 16.2. The van der Waals surface area contributed by atoms with E-state index in [1.165, 1.54) is 0 Å². The highest BCUT2D eigenvalue weighted by Crippen LogP contribution is 2.22. The summed E-state index contributed by atoms with van der Waals surface area (Å²) >= 11 is 0. The highest BCUT2D eigenvalue weighted by Gasteiger charge is 2.22. The van der Waals surface area contributed by atoms with Crippen LogP contribution in [0.3, 0.4) is 0 Å². The van der Waals surface area contributed by atoms with E-state index in [9.17, 15) is 4.79 Å². The third-order valence-corrected chi connectivity index (χ3v) is 3.56. The number of amides is 1. The molecule has 0 spiro atoms. The van der Waals surface area contributed by atoms with Crippen LogP contribution in [0, 0.1) is 5.92 Å². The molecule has 21 heavy (non-hydrogen) atoms. The molecule has 0 saturated carbocycles. The fraction of sp³-hybridized carbons (Fsp3) is 0.278. The normalized spacial score (nSPS) is 13.7. The van der Waals surface area contributed by atoms with Crippen molar-refractivity contribution >= 4 is 5.91 Å². The monoisotopic (exact) mass is 282 g/mol. The van der Waals surface area contributed by atoms with Crippen molar-refractivity contribution in [2.24, 2.45) is 11.7 Å². The fourth-order valence-electron chi connectivity index (χ4n) is 2.35. The number of nitrogens with two attached hydrogens (primary N) is 1. The molecule has 1 unspecified atom stereocenters. The molecule has 0 aliphatic heterocycles. The Morgan fingerprint density at radius 3 is 1.86 bits per heavy atom. The summed E-state index contributed by atoms with van der Waals surface area (Å²) in [5.74, 6) is 0.142. The molecule has 0 radical (unpaired) electrons. The summed E-state index contributed by atoms with van der Waals surface area (Å²) in [6.45, 7) is 4.18. The largest absolute Gasteiger partial charge is 0.347 e. The molecule has 2 aromatic rings. The van der Waals surface area contributed by atoms with Gasteiger partial charge in [0.15, 0.2) is 0 Å². The molecule has 3 nitrogen and oxygen atoms in total. The SMILES string of the molecule is CC(C)C(NC(=O)[C@@H](N)c1ccccc1)c1ccccc1. The molecule has 3 N–H and O–H groups in total. The molecule has 110 valence electrons. The summed E-state index contributed by atoms with van der Waals surface area (Å²) in [6.07, 6.45) is 0. The molecule has 0 heterocycles. The Balaban J connectivity index is 2.12. The summed E-state index contributed by atoms with van der Waals surface area (Å²) in [5, 5.41) is 3.07. The van der Waals surface area contributed by atoms with Crippen molar-refractivity contribution in [1.29, 1.82) is 0 Å². The predicted molar refractivity (Wildman–Crippen MR) is 85.5 cm³/mol. The molecule has 0 fully saturated rings. The molecular weight excluding hydrogens is 260 g/mol. The lowest BCUT2D eigenvalue weighted by Crippen LogP contribution is -2.38. The average molecular weight is 282 g/mol. The van der Waals surface area contributed by atoms with Crippen LogP contribution >= 0.6 is 0 Å². The second-order valence-corrected chi connectivity index (χ2v) is 5.53. The third kappa shape index (κ3) is 3.92. The van der Waals surface area contributed by atoms with E-state index >= 15 is 0 Å². The zero-order valence-corrected chi connectivity index (χ0v) is 12.5. The van der Waals surface area contributed by atoms with Crippen molar-refractivity contribution in [3.05, 3.63) is 71.8 Å². The number of benzene rings is 2. The number of rotatable bonds is 5. The molecule has 3 heteroatoms. The van der Waals surface area contributed by atoms with Crippen LogP contribution in [0.5, 0.6) is 0 Å². The first-order chi connectivity index (χ1) is 10.1. The Labute approximate surface area is 126 Å². The van der Waals surface area contributed by atoms with Crippen LogP contribution in [0.15, 0.2) is 60.7 Å². The first-order valence-electron chi connectivity index (χ1n) is 7.25. The Morgan fingerprint density at radius 2 is 1.38 bits per heavy atom. The molecule has 0 aliphatic carbocycles. The number of hydrogen-bond acceptors (Lipinski definition) is 2. The van der Waals surface area contributed by atoms with E-state index in [0.29, 0.717) is 5.92 Å². The van der Waals surface area contributed by atoms with Crippen molar-refractivity contribution in [2.45, 2.75) is 25.9 Å². The van der Waals surface area contributed by atoms with Gasteiger partial charge in [0.25, 0.3) is 0 Å². The van der Waals surface area contributed by atoms with Crippen molar-refractivity contribution in [2.75, 3.05) is 0 Å². The lowest BCUT2D eigenvalue weighted by molar-refractivity contribution is -0.123. The Kier molecular flexibility index (Phi) is 5.12. The van der Waals surface area contributed by atoms with Crippen LogP contribution in [0.1, 0.15) is 37.1 Å². The van der Waals surface area contributed by atoms with Crippen LogP contribution in [-0.4, -0.2) is 5.91 Å². The van der Waals surface area contributed by atoms with Crippen LogP contribution < -0.4 is 11.1 Å². The molecule has 0 bridgehead atoms. The standard InChI is InChI=1S/C18H22N2O/c1-13(2)17(15-11-7-4-8-12-15)20-18(21)16(19)14-9-5-3-6-10-14/h3-13,16-17H,19H2,1-2H3,(H,20,21)/t16-,17?/m0/s1. The van der Waals surface area contributed by atoms with E-state index in [1.54, 1.807) is 0 Å². The molecule has 1 amide bonds. The maximum absolute atomic E-state index is 12.4. The minimum Gasteiger partial charge on any atom is -0.347 e. The second kappa shape index (κ2) is 7.04. The molecule has 2 aromatic carbocycles. The van der Waals surface area contributed by atoms with E-state index in [2.05, 4.69) is 19.2 Å². The van der Waals surface area contributed by atoms with Gasteiger partial charge in [0.2, 0.25) is 5.91 Å². The summed E-state index contributed by atoms with van der Waals surface area (Å²) in [4.78, 5) is 12.4. The van der Waals surface area contributed by atoms with Crippen molar-refractivity contribution in [3.63, 3.8) is 0 Å². The van der Waals surface area contributed by atoms with Crippen LogP contribution in [0.2, 0.25) is 0 Å². The zero-order chi connectivity index (χ0) is 15.2. The zero-order valence-electron chi connectivity index (χ0n) is 12.5. The number of nitrogens with one attached hydrogen (secondary N) is 1. The van der Waals surface area contributed by atoms with E-state index in [-0.39, 0.29) is 11.9 Å². The van der Waals surface area contributed by atoms with Gasteiger partial charge >= 0.3 is 0 Å². The van der Waals surface area contributed by atoms with Gasteiger partial charge in [-0.1, -0.05) is 74.5 Å². The summed E-state index contributed by atoms with van der Waals surface area (Å²) in [6, 6.07) is 18.7. The van der Waals surface area contributed by atoms with Gasteiger partial charge in [0.05, 0.1) is 6.04 Å². The van der Waals surface area contributed by atoms with Gasteiger partial charge in [-0.3, -0.25) is 4.79 Å². The first kappa shape index (κ1) is 15.3. The Morgan fingerprint density at radius 1 is 0.905 bits per heavy atom. The van der Waals surface area contributed by atoms with Crippen LogP contribution in [0.4, 0.5) is 0 Å². The van der Waals surface area contributed by atoms with E-state index in [4.69, 9.17) is 5.73 Å². The highest BCUT2D eigenvalue weighted by molar-refractivity contribution is 5.83. The van der Waals surface area contributed by atoms with Crippen molar-refractivity contribution in [1.82, 2.24) is 5.32 Å². The number of carbonyl (C=O) groups is 1. The van der Waals surface area contributed by atoms with Crippen LogP contribution in [0.25, 0.3) is 0 Å². The van der Waals surface area contributed by atoms with Gasteiger partial charge in [-0.05, 0) is 17.0 Å². The summed E-state index contributed by atoms with van der Waals surface area (Å²) in [7, 11) is 0. The van der Waals surface area contributed by atoms with Gasteiger partial charge in [0, 0.05) is 0 Å². The van der Waals surface area contributed by atoms with E-state index < -0.39 is 6.04 Å². The molecule has 0 saturated heterocycles. The van der Waals surface area contributed by atoms with E-state index in [1.807, 2.05) is 60.7 Å². The molecule has 0 aliphatic rings. The van der Waals surface area contributed by atoms with Crippen LogP contribution in [-0.2, 0) is 4.79 Å². The quantitative estimate of drug-likeness (QED) is 0.885. The smallest absolute Gasteiger partial charge is 0.242 e. The van der Waals surface area contributed by atoms with Gasteiger partial charge < -0.3 is 11.1 Å². The van der Waals surface area contributed by atoms with Gasteiger partial charge in [-0.15, -0.1) is 0 Å². The molecule has 2 atom stereocenters. The second-order valence-electron chi connectivity index (χ2n) is 5.53. The van der Waals surface area contributed by atoms with Gasteiger partial charge in [0.1, 0.15) is 6.04 Å². The van der Waals surface area contributed by atoms with E-state index in [0.717, 1.165) is 11.1 Å². The first-order valence-corrected chi connectivity index (χ1v) is 7.25. The predicted octanol–water partition coefficient (Wildman–Crippen LogP) is 3.20. The number of carbonyl (C=O) groups excluding carboxylic acids is 1. The topological polar surface area (TPSA) is 55.1 Å². The summed E-state index contributed by atoms with van der Waals surface area (Å²) < 4.78 is 0. The van der Waals surface area contributed by atoms with Gasteiger partial charge in [-0.25, -0.2) is 0 Å². The molecular formula is C18H22N2O. The number of hydrogen-bond donors (Lipinski definition) is 2. The van der Waals surface area contributed by atoms with Crippen molar-refractivity contribution in [3.8, 4) is 0 Å². The lowest BCUT2D eigenvalue weighted by atomic mass is 9.95. The Bertz CT molecular complexity index is 566. The molecule has 0 aromatic heterocycles. The lowest BCUT2D eigenvalue weighted by Gasteiger charge is -2.24. The average Bonchev–Trinajstić information content (AvgIpc) is 2.53. The maximum atomic E-state index is 12.4. The Hall–Kier alpha value is -2.13. The van der Waals surface area contributed by atoms with Crippen molar-refractivity contribution < 1.29 is 4.79 Å². The maximum Gasteiger partial charge on any atom is 0.242 e. The minimum absolute atomic E-state index is 0.0338. The molecule has 2 rings (SSSR count).